The number of nitrogens with one attached hydrogen (secondary N) is 2. The molecule has 0 radical (unpaired) electrons. The van der Waals surface area contributed by atoms with Crippen LogP contribution in [-0.2, 0) is 23.7 Å². The van der Waals surface area contributed by atoms with E-state index in [-0.39, 0.29) is 5.41 Å². The molecule has 0 bridgehead atoms. The van der Waals surface area contributed by atoms with E-state index in [1.54, 1.807) is 0 Å². The lowest BCUT2D eigenvalue weighted by Crippen LogP contribution is -2.33. The number of fused-ring (bicyclic) bond motifs is 1. The van der Waals surface area contributed by atoms with Gasteiger partial charge in [-0.25, -0.2) is 0 Å². The van der Waals surface area contributed by atoms with Gasteiger partial charge >= 0.3 is 0 Å². The average Bonchev–Trinajstić information content (AvgIpc) is 3.66. The predicted molar refractivity (Wildman–Crippen MR) is 174 cm³/mol. The van der Waals surface area contributed by atoms with Crippen molar-refractivity contribution < 1.29 is 0 Å². The second kappa shape index (κ2) is 13.4. The molecule has 4 heteroatoms. The highest BCUT2D eigenvalue weighted by Crippen LogP contribution is 2.46. The first-order valence-electron chi connectivity index (χ1n) is 15.9. The van der Waals surface area contributed by atoms with Gasteiger partial charge in [-0.15, -0.1) is 0 Å². The monoisotopic (exact) mass is 554 g/mol. The molecule has 5 rings (SSSR count). The Morgan fingerprint density at radius 1 is 0.878 bits per heavy atom. The van der Waals surface area contributed by atoms with Crippen LogP contribution in [0.2, 0.25) is 0 Å². The smallest absolute Gasteiger partial charge is 0.0490 e. The van der Waals surface area contributed by atoms with Crippen LogP contribution in [0.25, 0.3) is 5.57 Å². The number of allylic oxidation sites excluding steroid dienone is 3. The maximum absolute atomic E-state index is 4.07. The Kier molecular flexibility index (Phi) is 10.2. The molecule has 0 amide bonds. The van der Waals surface area contributed by atoms with E-state index in [2.05, 4.69) is 112 Å². The first-order chi connectivity index (χ1) is 19.5. The van der Waals surface area contributed by atoms with Crippen LogP contribution in [0.15, 0.2) is 61.0 Å². The summed E-state index contributed by atoms with van der Waals surface area (Å²) >= 11 is 0. The molecule has 0 saturated heterocycles. The third-order valence-corrected chi connectivity index (χ3v) is 9.98. The van der Waals surface area contributed by atoms with Crippen LogP contribution in [0.5, 0.6) is 0 Å². The summed E-state index contributed by atoms with van der Waals surface area (Å²) in [6, 6.07) is 11.3. The van der Waals surface area contributed by atoms with E-state index in [4.69, 9.17) is 0 Å². The highest BCUT2D eigenvalue weighted by atomic mass is 15.1. The van der Waals surface area contributed by atoms with Crippen molar-refractivity contribution in [2.45, 2.75) is 117 Å². The third-order valence-electron chi connectivity index (χ3n) is 9.98. The molecule has 2 aromatic heterocycles. The van der Waals surface area contributed by atoms with Crippen LogP contribution in [0.3, 0.4) is 0 Å². The lowest BCUT2D eigenvalue weighted by Gasteiger charge is -2.42. The topological polar surface area (TPSA) is 57.4 Å². The van der Waals surface area contributed by atoms with Crippen LogP contribution in [0, 0.1) is 17.8 Å². The van der Waals surface area contributed by atoms with Gasteiger partial charge < -0.3 is 0 Å². The standard InChI is InChI=1S/C22H32.C15H22N4/c1-15(2)16(3)13-17(4)18-9-10-19-20(14-18)22(7,8)12-11-21(19,5)6;1-2-4-12(5-3-1)13(10-14-6-8-16-18-14)11-15-7-9-17-19-15/h9-10,13-14,16H,1,11-12H2,2-8H3;6-9,12-13H,1-5,10-11H2,(H,16,18)(H,17,19)/b17-13+;. The Morgan fingerprint density at radius 3 is 1.95 bits per heavy atom. The Balaban J connectivity index is 0.000000191. The van der Waals surface area contributed by atoms with E-state index in [9.17, 15) is 0 Å². The van der Waals surface area contributed by atoms with Gasteiger partial charge in [0.25, 0.3) is 0 Å². The zero-order chi connectivity index (χ0) is 29.6. The van der Waals surface area contributed by atoms with E-state index >= 15 is 0 Å². The van der Waals surface area contributed by atoms with Gasteiger partial charge in [-0.05, 0) is 103 Å². The highest BCUT2D eigenvalue weighted by molar-refractivity contribution is 5.66. The van der Waals surface area contributed by atoms with Gasteiger partial charge in [0.1, 0.15) is 0 Å². The lowest BCUT2D eigenvalue weighted by atomic mass is 9.63. The zero-order valence-corrected chi connectivity index (χ0v) is 26.8. The van der Waals surface area contributed by atoms with E-state index in [1.165, 1.54) is 84.2 Å². The first-order valence-corrected chi connectivity index (χ1v) is 15.9. The van der Waals surface area contributed by atoms with Gasteiger partial charge in [0.2, 0.25) is 0 Å². The number of benzene rings is 1. The van der Waals surface area contributed by atoms with Crippen molar-refractivity contribution in [1.29, 1.82) is 0 Å². The summed E-state index contributed by atoms with van der Waals surface area (Å²) in [4.78, 5) is 0. The molecule has 1 saturated carbocycles. The van der Waals surface area contributed by atoms with Gasteiger partial charge in [-0.2, -0.15) is 10.2 Å². The minimum Gasteiger partial charge on any atom is -0.283 e. The minimum atomic E-state index is 0.279. The fourth-order valence-electron chi connectivity index (χ4n) is 6.82. The SMILES string of the molecule is C=C(C)C(C)/C=C(\C)c1ccc2c(c1)C(C)(C)CCC2(C)C.c1cc(CC(Cc2ccn[nH]2)C2CCCCC2)[nH]n1. The van der Waals surface area contributed by atoms with Crippen LogP contribution < -0.4 is 0 Å². The van der Waals surface area contributed by atoms with Crippen molar-refractivity contribution >= 4 is 5.57 Å². The molecule has 1 aromatic carbocycles. The number of aromatic amines is 2. The van der Waals surface area contributed by atoms with Gasteiger partial charge in [-0.3, -0.25) is 10.2 Å². The largest absolute Gasteiger partial charge is 0.283 e. The summed E-state index contributed by atoms with van der Waals surface area (Å²) in [7, 11) is 0. The molecule has 2 aliphatic carbocycles. The molecule has 1 atom stereocenters. The van der Waals surface area contributed by atoms with Crippen LogP contribution in [-0.4, -0.2) is 20.4 Å². The van der Waals surface area contributed by atoms with Gasteiger partial charge in [0, 0.05) is 23.8 Å². The Morgan fingerprint density at radius 2 is 1.44 bits per heavy atom. The van der Waals surface area contributed by atoms with Crippen molar-refractivity contribution in [2.24, 2.45) is 17.8 Å². The molecule has 2 N–H and O–H groups in total. The highest BCUT2D eigenvalue weighted by Gasteiger charge is 2.37. The average molecular weight is 555 g/mol. The molecule has 41 heavy (non-hydrogen) atoms. The van der Waals surface area contributed by atoms with Crippen LogP contribution in [0.1, 0.15) is 121 Å². The van der Waals surface area contributed by atoms with E-state index in [0.717, 1.165) is 18.8 Å². The van der Waals surface area contributed by atoms with Crippen LogP contribution in [0.4, 0.5) is 0 Å². The molecule has 2 aliphatic rings. The number of rotatable bonds is 8. The number of nitrogens with zero attached hydrogens (tertiary/aromatic N) is 2. The van der Waals surface area contributed by atoms with Crippen molar-refractivity contribution in [3.8, 4) is 0 Å². The molecule has 4 nitrogen and oxygen atoms in total. The van der Waals surface area contributed by atoms with Gasteiger partial charge in [-0.1, -0.05) is 103 Å². The molecular formula is C37H54N4. The molecule has 2 heterocycles. The minimum absolute atomic E-state index is 0.279. The van der Waals surface area contributed by atoms with Crippen molar-refractivity contribution in [3.05, 3.63) is 89.0 Å². The lowest BCUT2D eigenvalue weighted by molar-refractivity contribution is 0.242. The van der Waals surface area contributed by atoms with E-state index in [0.29, 0.717) is 17.3 Å². The molecule has 0 spiro atoms. The summed E-state index contributed by atoms with van der Waals surface area (Å²) in [6.45, 7) is 20.2. The number of hydrogen-bond acceptors (Lipinski definition) is 2. The predicted octanol–water partition coefficient (Wildman–Crippen LogP) is 9.77. The molecule has 1 unspecified atom stereocenters. The van der Waals surface area contributed by atoms with Gasteiger partial charge in [0.05, 0.1) is 0 Å². The first kappa shape index (κ1) is 31.1. The maximum Gasteiger partial charge on any atom is 0.0490 e. The third kappa shape index (κ3) is 8.11. The maximum atomic E-state index is 4.07. The molecule has 1 fully saturated rings. The van der Waals surface area contributed by atoms with Crippen molar-refractivity contribution in [2.75, 3.05) is 0 Å². The van der Waals surface area contributed by atoms with Gasteiger partial charge in [0.15, 0.2) is 0 Å². The second-order valence-corrected chi connectivity index (χ2v) is 14.2. The molecular weight excluding hydrogens is 500 g/mol. The normalized spacial score (nSPS) is 19.3. The second-order valence-electron chi connectivity index (χ2n) is 14.2. The van der Waals surface area contributed by atoms with E-state index < -0.39 is 0 Å². The summed E-state index contributed by atoms with van der Waals surface area (Å²) in [5.74, 6) is 1.97. The molecule has 222 valence electrons. The van der Waals surface area contributed by atoms with E-state index in [1.807, 2.05) is 12.4 Å². The quantitative estimate of drug-likeness (QED) is 0.272. The number of H-pyrrole nitrogens is 2. The number of aromatic nitrogens is 4. The molecule has 3 aromatic rings. The number of hydrogen-bond donors (Lipinski definition) is 2. The van der Waals surface area contributed by atoms with Crippen molar-refractivity contribution in [3.63, 3.8) is 0 Å². The van der Waals surface area contributed by atoms with Crippen molar-refractivity contribution in [1.82, 2.24) is 20.4 Å². The Bertz CT molecular complexity index is 1230. The molecule has 0 aliphatic heterocycles. The summed E-state index contributed by atoms with van der Waals surface area (Å²) in [6.07, 6.45) is 17.7. The Hall–Kier alpha value is -2.88. The fourth-order valence-corrected chi connectivity index (χ4v) is 6.82. The summed E-state index contributed by atoms with van der Waals surface area (Å²) < 4.78 is 0. The Labute approximate surface area is 249 Å². The summed E-state index contributed by atoms with van der Waals surface area (Å²) in [5.41, 5.74) is 10.1. The van der Waals surface area contributed by atoms with Crippen LogP contribution >= 0.6 is 0 Å². The fraction of sp³-hybridized carbons (Fsp3) is 0.568. The zero-order valence-electron chi connectivity index (χ0n) is 26.8. The summed E-state index contributed by atoms with van der Waals surface area (Å²) in [5, 5.41) is 14.4.